The maximum Gasteiger partial charge on any atom is 0.239 e. The molecule has 2 atom stereocenters. The van der Waals surface area contributed by atoms with Gasteiger partial charge in [-0.05, 0) is 11.3 Å². The minimum absolute atomic E-state index is 0.0549. The summed E-state index contributed by atoms with van der Waals surface area (Å²) in [5.41, 5.74) is 6.02. The van der Waals surface area contributed by atoms with Crippen LogP contribution in [0.1, 0.15) is 41.0 Å². The number of hydrogen-bond donors (Lipinski definition) is 1. The van der Waals surface area contributed by atoms with Crippen molar-refractivity contribution in [1.29, 1.82) is 0 Å². The summed E-state index contributed by atoms with van der Waals surface area (Å²) < 4.78 is 0. The number of likely N-dealkylation sites (N-methyl/N-ethyl adjacent to an activating group) is 1. The number of nitrogens with two attached hydrogens (primary N) is 1. The fourth-order valence-electron chi connectivity index (χ4n) is 1.54. The van der Waals surface area contributed by atoms with Gasteiger partial charge < -0.3 is 10.6 Å². The van der Waals surface area contributed by atoms with Gasteiger partial charge >= 0.3 is 0 Å². The lowest BCUT2D eigenvalue weighted by molar-refractivity contribution is -0.133. The number of carbonyl (C=O) groups excluding carboxylic acids is 1. The molecule has 0 aromatic heterocycles. The molecule has 0 unspecified atom stereocenters. The van der Waals surface area contributed by atoms with Crippen LogP contribution in [0.25, 0.3) is 0 Å². The van der Waals surface area contributed by atoms with E-state index in [1.54, 1.807) is 4.90 Å². The van der Waals surface area contributed by atoms with Gasteiger partial charge in [0.05, 0.1) is 6.04 Å². The van der Waals surface area contributed by atoms with E-state index < -0.39 is 0 Å². The second-order valence-electron chi connectivity index (χ2n) is 5.67. The minimum Gasteiger partial charge on any atom is -0.344 e. The van der Waals surface area contributed by atoms with Crippen LogP contribution in [-0.4, -0.2) is 30.4 Å². The highest BCUT2D eigenvalue weighted by atomic mass is 16.2. The van der Waals surface area contributed by atoms with Crippen molar-refractivity contribution < 1.29 is 4.79 Å². The molecule has 0 aliphatic heterocycles. The molecule has 0 rings (SSSR count). The molecule has 1 amide bonds. The molecular weight excluding hydrogens is 188 g/mol. The Balaban J connectivity index is 4.32. The molecule has 0 aliphatic carbocycles. The van der Waals surface area contributed by atoms with Crippen LogP contribution < -0.4 is 5.73 Å². The van der Waals surface area contributed by atoms with E-state index in [-0.39, 0.29) is 23.3 Å². The van der Waals surface area contributed by atoms with E-state index in [1.807, 2.05) is 14.0 Å². The van der Waals surface area contributed by atoms with Crippen LogP contribution in [-0.2, 0) is 4.79 Å². The largest absolute Gasteiger partial charge is 0.344 e. The Morgan fingerprint density at radius 3 is 2.20 bits per heavy atom. The average Bonchev–Trinajstić information content (AvgIpc) is 2.11. The highest BCUT2D eigenvalue weighted by molar-refractivity contribution is 5.81. The van der Waals surface area contributed by atoms with Crippen molar-refractivity contribution in [3.8, 4) is 0 Å². The highest BCUT2D eigenvalue weighted by Crippen LogP contribution is 2.16. The minimum atomic E-state index is -0.359. The summed E-state index contributed by atoms with van der Waals surface area (Å²) in [6.07, 6.45) is 0.941. The van der Waals surface area contributed by atoms with Crippen molar-refractivity contribution in [3.63, 3.8) is 0 Å². The van der Waals surface area contributed by atoms with Gasteiger partial charge in [-0.3, -0.25) is 4.79 Å². The smallest absolute Gasteiger partial charge is 0.239 e. The standard InChI is InChI=1S/C12H26N2O/c1-7-9(2)10(13)11(15)14(6)8-12(3,4)5/h9-10H,7-8,13H2,1-6H3/t9-,10-/m0/s1. The Kier molecular flexibility index (Phi) is 5.29. The van der Waals surface area contributed by atoms with E-state index in [0.29, 0.717) is 0 Å². The molecule has 0 aromatic rings. The monoisotopic (exact) mass is 214 g/mol. The number of hydrogen-bond acceptors (Lipinski definition) is 2. The van der Waals surface area contributed by atoms with Crippen molar-refractivity contribution >= 4 is 5.91 Å². The van der Waals surface area contributed by atoms with Crippen LogP contribution in [0, 0.1) is 11.3 Å². The molecule has 2 N–H and O–H groups in total. The lowest BCUT2D eigenvalue weighted by Gasteiger charge is -2.30. The SMILES string of the molecule is CC[C@H](C)[C@H](N)C(=O)N(C)CC(C)(C)C. The molecule has 3 heteroatoms. The molecule has 0 radical (unpaired) electrons. The summed E-state index contributed by atoms with van der Waals surface area (Å²) in [6.45, 7) is 11.2. The van der Waals surface area contributed by atoms with Crippen LogP contribution >= 0.6 is 0 Å². The topological polar surface area (TPSA) is 46.3 Å². The van der Waals surface area contributed by atoms with Crippen LogP contribution in [0.15, 0.2) is 0 Å². The van der Waals surface area contributed by atoms with Crippen LogP contribution in [0.2, 0.25) is 0 Å². The predicted octanol–water partition coefficient (Wildman–Crippen LogP) is 1.86. The van der Waals surface area contributed by atoms with Gasteiger partial charge in [0.25, 0.3) is 0 Å². The molecule has 0 bridgehead atoms. The first-order valence-corrected chi connectivity index (χ1v) is 5.69. The van der Waals surface area contributed by atoms with Crippen molar-refractivity contribution in [3.05, 3.63) is 0 Å². The molecule has 0 saturated carbocycles. The van der Waals surface area contributed by atoms with Gasteiger partial charge in [0.2, 0.25) is 5.91 Å². The number of nitrogens with zero attached hydrogens (tertiary/aromatic N) is 1. The quantitative estimate of drug-likeness (QED) is 0.776. The Bertz CT molecular complexity index is 208. The fourth-order valence-corrected chi connectivity index (χ4v) is 1.54. The zero-order valence-corrected chi connectivity index (χ0v) is 11.0. The second-order valence-corrected chi connectivity index (χ2v) is 5.67. The van der Waals surface area contributed by atoms with E-state index >= 15 is 0 Å². The first-order chi connectivity index (χ1) is 6.69. The first-order valence-electron chi connectivity index (χ1n) is 5.69. The molecule has 0 fully saturated rings. The average molecular weight is 214 g/mol. The fraction of sp³-hybridized carbons (Fsp3) is 0.917. The zero-order valence-electron chi connectivity index (χ0n) is 11.0. The Morgan fingerprint density at radius 1 is 1.40 bits per heavy atom. The third kappa shape index (κ3) is 5.17. The Morgan fingerprint density at radius 2 is 1.87 bits per heavy atom. The van der Waals surface area contributed by atoms with Crippen LogP contribution in [0.4, 0.5) is 0 Å². The summed E-state index contributed by atoms with van der Waals surface area (Å²) in [4.78, 5) is 13.7. The second kappa shape index (κ2) is 5.50. The van der Waals surface area contributed by atoms with Gasteiger partial charge in [-0.25, -0.2) is 0 Å². The molecule has 0 saturated heterocycles. The number of amides is 1. The van der Waals surface area contributed by atoms with Crippen LogP contribution in [0.3, 0.4) is 0 Å². The summed E-state index contributed by atoms with van der Waals surface area (Å²) in [7, 11) is 1.83. The highest BCUT2D eigenvalue weighted by Gasteiger charge is 2.25. The van der Waals surface area contributed by atoms with Gasteiger partial charge in [0.1, 0.15) is 0 Å². The van der Waals surface area contributed by atoms with E-state index in [1.165, 1.54) is 0 Å². The van der Waals surface area contributed by atoms with Gasteiger partial charge in [-0.2, -0.15) is 0 Å². The van der Waals surface area contributed by atoms with E-state index in [4.69, 9.17) is 5.73 Å². The first kappa shape index (κ1) is 14.4. The van der Waals surface area contributed by atoms with Crippen molar-refractivity contribution in [2.24, 2.45) is 17.1 Å². The van der Waals surface area contributed by atoms with Crippen molar-refractivity contribution in [2.45, 2.75) is 47.1 Å². The van der Waals surface area contributed by atoms with E-state index in [0.717, 1.165) is 13.0 Å². The molecule has 90 valence electrons. The lowest BCUT2D eigenvalue weighted by Crippen LogP contribution is -2.47. The predicted molar refractivity (Wildman–Crippen MR) is 64.5 cm³/mol. The Labute approximate surface area is 94.0 Å². The molecule has 0 heterocycles. The Hall–Kier alpha value is -0.570. The number of rotatable bonds is 4. The molecule has 0 aliphatic rings. The van der Waals surface area contributed by atoms with Crippen molar-refractivity contribution in [2.75, 3.05) is 13.6 Å². The molecule has 0 spiro atoms. The maximum atomic E-state index is 11.9. The van der Waals surface area contributed by atoms with Gasteiger partial charge in [-0.1, -0.05) is 41.0 Å². The summed E-state index contributed by atoms with van der Waals surface area (Å²) in [6, 6.07) is -0.359. The zero-order chi connectivity index (χ0) is 12.2. The molecule has 15 heavy (non-hydrogen) atoms. The summed E-state index contributed by atoms with van der Waals surface area (Å²) in [5, 5.41) is 0. The normalized spacial score (nSPS) is 15.9. The van der Waals surface area contributed by atoms with Gasteiger partial charge in [0, 0.05) is 13.6 Å². The maximum absolute atomic E-state index is 11.9. The number of carbonyl (C=O) groups is 1. The molecular formula is C12H26N2O. The third-order valence-electron chi connectivity index (χ3n) is 2.63. The lowest BCUT2D eigenvalue weighted by atomic mass is 9.94. The van der Waals surface area contributed by atoms with E-state index in [2.05, 4.69) is 27.7 Å². The van der Waals surface area contributed by atoms with Gasteiger partial charge in [0.15, 0.2) is 0 Å². The molecule has 0 aromatic carbocycles. The van der Waals surface area contributed by atoms with E-state index in [9.17, 15) is 4.79 Å². The van der Waals surface area contributed by atoms with Crippen molar-refractivity contribution in [1.82, 2.24) is 4.90 Å². The van der Waals surface area contributed by atoms with Crippen LogP contribution in [0.5, 0.6) is 0 Å². The summed E-state index contributed by atoms with van der Waals surface area (Å²) >= 11 is 0. The van der Waals surface area contributed by atoms with Gasteiger partial charge in [-0.15, -0.1) is 0 Å². The summed E-state index contributed by atoms with van der Waals surface area (Å²) in [5.74, 6) is 0.305. The third-order valence-corrected chi connectivity index (χ3v) is 2.63. The molecule has 3 nitrogen and oxygen atoms in total.